The highest BCUT2D eigenvalue weighted by Gasteiger charge is 2.26. The highest BCUT2D eigenvalue weighted by atomic mass is 16.6. The van der Waals surface area contributed by atoms with Crippen LogP contribution in [0.1, 0.15) is 0 Å². The van der Waals surface area contributed by atoms with Gasteiger partial charge >= 0.3 is 5.82 Å². The van der Waals surface area contributed by atoms with E-state index >= 15 is 0 Å². The van der Waals surface area contributed by atoms with Crippen molar-refractivity contribution >= 4 is 11.5 Å². The first-order valence-corrected chi connectivity index (χ1v) is 4.40. The Hall–Kier alpha value is -2.84. The van der Waals surface area contributed by atoms with Crippen LogP contribution in [0.15, 0.2) is 24.3 Å². The molecule has 0 spiro atoms. The zero-order valence-electron chi connectivity index (χ0n) is 8.23. The van der Waals surface area contributed by atoms with Crippen molar-refractivity contribution in [1.82, 2.24) is 15.4 Å². The number of aromatic nitrogens is 3. The SMILES string of the molecule is O=[N+]([O-])c1ccccc1-c1n[nH]nc1[N+](=O)[O-]. The number of rotatable bonds is 3. The van der Waals surface area contributed by atoms with Gasteiger partial charge in [0.1, 0.15) is 0 Å². The van der Waals surface area contributed by atoms with Gasteiger partial charge in [-0.1, -0.05) is 12.1 Å². The third-order valence-corrected chi connectivity index (χ3v) is 2.06. The van der Waals surface area contributed by atoms with E-state index in [2.05, 4.69) is 15.4 Å². The zero-order valence-corrected chi connectivity index (χ0v) is 8.23. The van der Waals surface area contributed by atoms with Gasteiger partial charge in [0.2, 0.25) is 5.69 Å². The maximum atomic E-state index is 10.8. The molecule has 1 aromatic carbocycles. The summed E-state index contributed by atoms with van der Waals surface area (Å²) < 4.78 is 0. The van der Waals surface area contributed by atoms with Crippen molar-refractivity contribution in [2.24, 2.45) is 0 Å². The first-order chi connectivity index (χ1) is 8.11. The number of nitrogens with one attached hydrogen (secondary N) is 1. The molecular weight excluding hydrogens is 230 g/mol. The summed E-state index contributed by atoms with van der Waals surface area (Å²) in [7, 11) is 0. The molecular formula is C8H5N5O4. The Labute approximate surface area is 93.4 Å². The van der Waals surface area contributed by atoms with Crippen LogP contribution in [0, 0.1) is 20.2 Å². The summed E-state index contributed by atoms with van der Waals surface area (Å²) in [5.74, 6) is -0.542. The van der Waals surface area contributed by atoms with E-state index in [1.807, 2.05) is 0 Å². The lowest BCUT2D eigenvalue weighted by atomic mass is 10.1. The Bertz CT molecular complexity index is 593. The second-order valence-electron chi connectivity index (χ2n) is 3.03. The molecule has 9 nitrogen and oxygen atoms in total. The third-order valence-electron chi connectivity index (χ3n) is 2.06. The molecule has 0 aliphatic rings. The minimum Gasteiger partial charge on any atom is -0.358 e. The fraction of sp³-hybridized carbons (Fsp3) is 0. The molecule has 0 saturated carbocycles. The molecule has 2 aromatic rings. The van der Waals surface area contributed by atoms with Gasteiger partial charge in [-0.2, -0.15) is 0 Å². The molecule has 0 fully saturated rings. The van der Waals surface area contributed by atoms with Gasteiger partial charge in [0.05, 0.1) is 15.6 Å². The van der Waals surface area contributed by atoms with E-state index in [-0.39, 0.29) is 16.9 Å². The Morgan fingerprint density at radius 2 is 1.76 bits per heavy atom. The molecule has 0 saturated heterocycles. The van der Waals surface area contributed by atoms with Gasteiger partial charge in [-0.25, -0.2) is 0 Å². The molecule has 0 amide bonds. The molecule has 0 bridgehead atoms. The summed E-state index contributed by atoms with van der Waals surface area (Å²) in [6, 6.07) is 5.62. The van der Waals surface area contributed by atoms with E-state index < -0.39 is 15.7 Å². The summed E-state index contributed by atoms with van der Waals surface area (Å²) >= 11 is 0. The Kier molecular flexibility index (Phi) is 2.49. The minimum atomic E-state index is -0.754. The van der Waals surface area contributed by atoms with Crippen LogP contribution in [0.25, 0.3) is 11.3 Å². The monoisotopic (exact) mass is 235 g/mol. The smallest absolute Gasteiger partial charge is 0.358 e. The molecule has 0 atom stereocenters. The second-order valence-corrected chi connectivity index (χ2v) is 3.03. The highest BCUT2D eigenvalue weighted by molar-refractivity contribution is 5.75. The van der Waals surface area contributed by atoms with Crippen molar-refractivity contribution in [1.29, 1.82) is 0 Å². The van der Waals surface area contributed by atoms with E-state index in [4.69, 9.17) is 0 Å². The van der Waals surface area contributed by atoms with Gasteiger partial charge in [-0.3, -0.25) is 10.1 Å². The lowest BCUT2D eigenvalue weighted by Crippen LogP contribution is -1.95. The van der Waals surface area contributed by atoms with Gasteiger partial charge in [0.15, 0.2) is 0 Å². The van der Waals surface area contributed by atoms with E-state index in [9.17, 15) is 20.2 Å². The quantitative estimate of drug-likeness (QED) is 0.630. The fourth-order valence-electron chi connectivity index (χ4n) is 1.37. The summed E-state index contributed by atoms with van der Waals surface area (Å²) in [6.07, 6.45) is 0. The van der Waals surface area contributed by atoms with Crippen molar-refractivity contribution in [2.45, 2.75) is 0 Å². The van der Waals surface area contributed by atoms with E-state index in [0.717, 1.165) is 0 Å². The second kappa shape index (κ2) is 3.96. The number of aromatic amines is 1. The average molecular weight is 235 g/mol. The molecule has 0 radical (unpaired) electrons. The predicted octanol–water partition coefficient (Wildman–Crippen LogP) is 1.29. The van der Waals surface area contributed by atoms with Gasteiger partial charge in [-0.05, 0) is 11.0 Å². The van der Waals surface area contributed by atoms with Crippen LogP contribution in [0.5, 0.6) is 0 Å². The molecule has 17 heavy (non-hydrogen) atoms. The summed E-state index contributed by atoms with van der Waals surface area (Å²) in [5.41, 5.74) is -0.357. The Morgan fingerprint density at radius 3 is 2.41 bits per heavy atom. The van der Waals surface area contributed by atoms with E-state index in [1.165, 1.54) is 24.3 Å². The van der Waals surface area contributed by atoms with Crippen molar-refractivity contribution in [3.05, 3.63) is 44.5 Å². The molecule has 2 rings (SSSR count). The van der Waals surface area contributed by atoms with Crippen LogP contribution in [0.4, 0.5) is 11.5 Å². The van der Waals surface area contributed by atoms with E-state index in [1.54, 1.807) is 0 Å². The summed E-state index contributed by atoms with van der Waals surface area (Å²) in [5, 5.41) is 30.4. The van der Waals surface area contributed by atoms with Gasteiger partial charge in [0, 0.05) is 6.07 Å². The number of hydrogen-bond acceptors (Lipinski definition) is 6. The lowest BCUT2D eigenvalue weighted by Gasteiger charge is -1.97. The highest BCUT2D eigenvalue weighted by Crippen LogP contribution is 2.32. The first kappa shape index (κ1) is 10.7. The number of nitro groups is 2. The average Bonchev–Trinajstić information content (AvgIpc) is 2.77. The number of H-pyrrole nitrogens is 1. The lowest BCUT2D eigenvalue weighted by molar-refractivity contribution is -0.389. The topological polar surface area (TPSA) is 128 Å². The number of hydrogen-bond donors (Lipinski definition) is 1. The molecule has 9 heteroatoms. The van der Waals surface area contributed by atoms with Crippen LogP contribution >= 0.6 is 0 Å². The van der Waals surface area contributed by atoms with Gasteiger partial charge in [0.25, 0.3) is 5.69 Å². The first-order valence-electron chi connectivity index (χ1n) is 4.40. The predicted molar refractivity (Wildman–Crippen MR) is 55.1 cm³/mol. The zero-order chi connectivity index (χ0) is 12.4. The van der Waals surface area contributed by atoms with Gasteiger partial charge in [-0.15, -0.1) is 10.3 Å². The molecule has 0 aliphatic heterocycles. The maximum absolute atomic E-state index is 10.8. The summed E-state index contributed by atoms with van der Waals surface area (Å²) in [4.78, 5) is 20.0. The molecule has 0 aliphatic carbocycles. The van der Waals surface area contributed by atoms with E-state index in [0.29, 0.717) is 0 Å². The van der Waals surface area contributed by atoms with Crippen LogP contribution in [-0.4, -0.2) is 25.3 Å². The number of nitro benzene ring substituents is 1. The molecule has 86 valence electrons. The summed E-state index contributed by atoms with van der Waals surface area (Å²) in [6.45, 7) is 0. The Balaban J connectivity index is 2.64. The molecule has 0 unspecified atom stereocenters. The number of benzene rings is 1. The molecule has 1 aromatic heterocycles. The number of nitrogens with zero attached hydrogens (tertiary/aromatic N) is 4. The van der Waals surface area contributed by atoms with Crippen LogP contribution in [-0.2, 0) is 0 Å². The standard InChI is InChI=1S/C8H5N5O4/c14-12(15)6-4-2-1-3-5(6)7-8(13(16)17)10-11-9-7/h1-4H,(H,9,10,11). The fourth-order valence-corrected chi connectivity index (χ4v) is 1.37. The molecule has 1 N–H and O–H groups in total. The van der Waals surface area contributed by atoms with Crippen molar-refractivity contribution in [3.8, 4) is 11.3 Å². The number of para-hydroxylation sites is 1. The van der Waals surface area contributed by atoms with Crippen LogP contribution in [0.3, 0.4) is 0 Å². The van der Waals surface area contributed by atoms with Crippen molar-refractivity contribution in [3.63, 3.8) is 0 Å². The largest absolute Gasteiger partial charge is 0.418 e. The minimum absolute atomic E-state index is 0.0537. The normalized spacial score (nSPS) is 10.1. The van der Waals surface area contributed by atoms with Crippen molar-refractivity contribution in [2.75, 3.05) is 0 Å². The van der Waals surface area contributed by atoms with Crippen molar-refractivity contribution < 1.29 is 9.85 Å². The van der Waals surface area contributed by atoms with Gasteiger partial charge < -0.3 is 10.1 Å². The maximum Gasteiger partial charge on any atom is 0.418 e. The van der Waals surface area contributed by atoms with Crippen LogP contribution in [0.2, 0.25) is 0 Å². The third kappa shape index (κ3) is 1.80. The Morgan fingerprint density at radius 1 is 1.06 bits per heavy atom. The van der Waals surface area contributed by atoms with Crippen LogP contribution < -0.4 is 0 Å². The molecule has 1 heterocycles.